The van der Waals surface area contributed by atoms with Gasteiger partial charge < -0.3 is 10.1 Å². The number of hydrogen-bond donors (Lipinski definition) is 1. The van der Waals surface area contributed by atoms with Crippen LogP contribution < -0.4 is 10.1 Å². The van der Waals surface area contributed by atoms with E-state index in [1.54, 1.807) is 0 Å². The predicted octanol–water partition coefficient (Wildman–Crippen LogP) is 4.57. The van der Waals surface area contributed by atoms with E-state index in [0.29, 0.717) is 6.42 Å². The Labute approximate surface area is 150 Å². The molecule has 1 amide bonds. The Balaban J connectivity index is 1.81. The molecule has 3 heteroatoms. The third kappa shape index (κ3) is 4.04. The summed E-state index contributed by atoms with van der Waals surface area (Å²) >= 11 is 0. The predicted molar refractivity (Wildman–Crippen MR) is 101 cm³/mol. The van der Waals surface area contributed by atoms with Crippen molar-refractivity contribution in [2.24, 2.45) is 0 Å². The van der Waals surface area contributed by atoms with E-state index < -0.39 is 0 Å². The first kappa shape index (κ1) is 17.5. The highest BCUT2D eigenvalue weighted by atomic mass is 16.5. The maximum atomic E-state index is 12.7. The van der Waals surface area contributed by atoms with Gasteiger partial charge in [0.25, 0.3) is 0 Å². The first-order valence-corrected chi connectivity index (χ1v) is 8.88. The number of carbonyl (C=O) groups is 1. The largest absolute Gasteiger partial charge is 0.487 e. The van der Waals surface area contributed by atoms with Crippen molar-refractivity contribution < 1.29 is 9.53 Å². The summed E-state index contributed by atoms with van der Waals surface area (Å²) in [7, 11) is 0. The van der Waals surface area contributed by atoms with Gasteiger partial charge in [0.05, 0.1) is 12.5 Å². The van der Waals surface area contributed by atoms with Gasteiger partial charge in [0.2, 0.25) is 5.91 Å². The molecular formula is C22H27NO2. The maximum absolute atomic E-state index is 12.7. The molecule has 132 valence electrons. The van der Waals surface area contributed by atoms with E-state index in [4.69, 9.17) is 4.74 Å². The average Bonchev–Trinajstić information content (AvgIpc) is 2.51. The van der Waals surface area contributed by atoms with Gasteiger partial charge in [-0.1, -0.05) is 41.5 Å². The third-order valence-corrected chi connectivity index (χ3v) is 4.81. The van der Waals surface area contributed by atoms with E-state index in [0.717, 1.165) is 28.9 Å². The minimum atomic E-state index is -0.292. The quantitative estimate of drug-likeness (QED) is 0.891. The molecule has 0 saturated carbocycles. The summed E-state index contributed by atoms with van der Waals surface area (Å²) in [6, 6.07) is 12.4. The fourth-order valence-electron chi connectivity index (χ4n) is 3.51. The number of ether oxygens (including phenoxy) is 1. The molecule has 0 saturated heterocycles. The lowest BCUT2D eigenvalue weighted by Gasteiger charge is -2.38. The van der Waals surface area contributed by atoms with Gasteiger partial charge in [-0.15, -0.1) is 0 Å². The van der Waals surface area contributed by atoms with Crippen LogP contribution in [0, 0.1) is 20.8 Å². The summed E-state index contributed by atoms with van der Waals surface area (Å²) in [5.74, 6) is 0.933. The number of rotatable bonds is 3. The van der Waals surface area contributed by atoms with Crippen LogP contribution in [0.1, 0.15) is 54.1 Å². The van der Waals surface area contributed by atoms with E-state index in [2.05, 4.69) is 70.3 Å². The molecule has 0 spiro atoms. The molecule has 0 unspecified atom stereocenters. The second-order valence-electron chi connectivity index (χ2n) is 7.83. The summed E-state index contributed by atoms with van der Waals surface area (Å²) in [4.78, 5) is 12.7. The lowest BCUT2D eigenvalue weighted by molar-refractivity contribution is -0.121. The zero-order valence-electron chi connectivity index (χ0n) is 15.8. The Morgan fingerprint density at radius 2 is 1.80 bits per heavy atom. The van der Waals surface area contributed by atoms with Crippen LogP contribution in [0.4, 0.5) is 0 Å². The standard InChI is InChI=1S/C22H27NO2/c1-14-6-8-16(3)17(10-14)12-21(24)23-19-13-22(4,5)25-20-9-7-15(2)11-18(19)20/h6-11,19H,12-13H2,1-5H3,(H,23,24)/t19-/m1/s1. The van der Waals surface area contributed by atoms with E-state index in [-0.39, 0.29) is 17.6 Å². The van der Waals surface area contributed by atoms with Crippen molar-refractivity contribution in [3.05, 3.63) is 64.2 Å². The summed E-state index contributed by atoms with van der Waals surface area (Å²) in [5.41, 5.74) is 5.39. The zero-order chi connectivity index (χ0) is 18.2. The monoisotopic (exact) mass is 337 g/mol. The van der Waals surface area contributed by atoms with Gasteiger partial charge in [0, 0.05) is 12.0 Å². The Morgan fingerprint density at radius 1 is 1.12 bits per heavy atom. The van der Waals surface area contributed by atoms with E-state index >= 15 is 0 Å². The van der Waals surface area contributed by atoms with Gasteiger partial charge in [-0.25, -0.2) is 0 Å². The van der Waals surface area contributed by atoms with Crippen LogP contribution in [0.15, 0.2) is 36.4 Å². The molecule has 1 aliphatic rings. The van der Waals surface area contributed by atoms with Crippen LogP contribution in [-0.4, -0.2) is 11.5 Å². The molecule has 0 fully saturated rings. The highest BCUT2D eigenvalue weighted by Crippen LogP contribution is 2.39. The van der Waals surface area contributed by atoms with E-state index in [1.807, 2.05) is 6.07 Å². The Hall–Kier alpha value is -2.29. The summed E-state index contributed by atoms with van der Waals surface area (Å²) < 4.78 is 6.09. The number of aryl methyl sites for hydroxylation is 3. The zero-order valence-corrected chi connectivity index (χ0v) is 15.8. The second-order valence-corrected chi connectivity index (χ2v) is 7.83. The van der Waals surface area contributed by atoms with Gasteiger partial charge in [-0.2, -0.15) is 0 Å². The fourth-order valence-corrected chi connectivity index (χ4v) is 3.51. The van der Waals surface area contributed by atoms with Crippen molar-refractivity contribution in [2.75, 3.05) is 0 Å². The Morgan fingerprint density at radius 3 is 2.56 bits per heavy atom. The fraction of sp³-hybridized carbons (Fsp3) is 0.409. The lowest BCUT2D eigenvalue weighted by atomic mass is 9.88. The van der Waals surface area contributed by atoms with Crippen LogP contribution in [0.2, 0.25) is 0 Å². The van der Waals surface area contributed by atoms with Crippen molar-refractivity contribution in [1.82, 2.24) is 5.32 Å². The number of benzene rings is 2. The second kappa shape index (κ2) is 6.55. The number of fused-ring (bicyclic) bond motifs is 1. The smallest absolute Gasteiger partial charge is 0.224 e. The molecule has 0 aliphatic carbocycles. The number of hydrogen-bond acceptors (Lipinski definition) is 2. The molecule has 2 aromatic rings. The van der Waals surface area contributed by atoms with Crippen LogP contribution in [0.5, 0.6) is 5.75 Å². The SMILES string of the molecule is Cc1ccc(C)c(CC(=O)N[C@@H]2CC(C)(C)Oc3ccc(C)cc32)c1. The molecule has 1 atom stereocenters. The highest BCUT2D eigenvalue weighted by Gasteiger charge is 2.34. The van der Waals surface area contributed by atoms with Gasteiger partial charge in [0.15, 0.2) is 0 Å². The first-order valence-electron chi connectivity index (χ1n) is 8.88. The molecular weight excluding hydrogens is 310 g/mol. The van der Waals surface area contributed by atoms with Crippen molar-refractivity contribution >= 4 is 5.91 Å². The molecule has 3 rings (SSSR count). The molecule has 2 aromatic carbocycles. The minimum Gasteiger partial charge on any atom is -0.487 e. The molecule has 1 N–H and O–H groups in total. The minimum absolute atomic E-state index is 0.0173. The molecule has 1 heterocycles. The van der Waals surface area contributed by atoms with Gasteiger partial charge in [0.1, 0.15) is 11.4 Å². The summed E-state index contributed by atoms with van der Waals surface area (Å²) in [5, 5.41) is 3.23. The van der Waals surface area contributed by atoms with Crippen molar-refractivity contribution in [1.29, 1.82) is 0 Å². The number of nitrogens with one attached hydrogen (secondary N) is 1. The first-order chi connectivity index (χ1) is 11.7. The number of amides is 1. The molecule has 25 heavy (non-hydrogen) atoms. The average molecular weight is 337 g/mol. The van der Waals surface area contributed by atoms with Crippen LogP contribution >= 0.6 is 0 Å². The molecule has 0 aromatic heterocycles. The topological polar surface area (TPSA) is 38.3 Å². The molecule has 1 aliphatic heterocycles. The lowest BCUT2D eigenvalue weighted by Crippen LogP contribution is -2.41. The maximum Gasteiger partial charge on any atom is 0.224 e. The Bertz CT molecular complexity index is 808. The van der Waals surface area contributed by atoms with Crippen LogP contribution in [0.3, 0.4) is 0 Å². The number of carbonyl (C=O) groups excluding carboxylic acids is 1. The summed E-state index contributed by atoms with van der Waals surface area (Å²) in [6.45, 7) is 10.3. The van der Waals surface area contributed by atoms with Crippen molar-refractivity contribution in [2.45, 2.75) is 59.1 Å². The summed E-state index contributed by atoms with van der Waals surface area (Å²) in [6.07, 6.45) is 1.18. The van der Waals surface area contributed by atoms with Crippen molar-refractivity contribution in [3.63, 3.8) is 0 Å². The normalized spacial score (nSPS) is 18.2. The molecule has 0 bridgehead atoms. The van der Waals surface area contributed by atoms with E-state index in [9.17, 15) is 4.79 Å². The molecule has 3 nitrogen and oxygen atoms in total. The van der Waals surface area contributed by atoms with Gasteiger partial charge >= 0.3 is 0 Å². The third-order valence-electron chi connectivity index (χ3n) is 4.81. The Kier molecular flexibility index (Phi) is 4.59. The van der Waals surface area contributed by atoms with Gasteiger partial charge in [-0.05, 0) is 51.8 Å². The van der Waals surface area contributed by atoms with E-state index in [1.165, 1.54) is 11.1 Å². The van der Waals surface area contributed by atoms with Crippen molar-refractivity contribution in [3.8, 4) is 5.75 Å². The van der Waals surface area contributed by atoms with Crippen LogP contribution in [0.25, 0.3) is 0 Å². The van der Waals surface area contributed by atoms with Crippen LogP contribution in [-0.2, 0) is 11.2 Å². The highest BCUT2D eigenvalue weighted by molar-refractivity contribution is 5.79. The van der Waals surface area contributed by atoms with Gasteiger partial charge in [-0.3, -0.25) is 4.79 Å². The molecule has 0 radical (unpaired) electrons.